The van der Waals surface area contributed by atoms with Crippen LogP contribution < -0.4 is 0 Å². The molecule has 0 spiro atoms. The molecule has 0 radical (unpaired) electrons. The highest BCUT2D eigenvalue weighted by Gasteiger charge is 2.31. The number of nitrogens with zero attached hydrogens (tertiary/aromatic N) is 1. The van der Waals surface area contributed by atoms with Crippen LogP contribution in [0.3, 0.4) is 0 Å². The third kappa shape index (κ3) is 2.57. The number of ketones is 1. The Hall–Kier alpha value is -0.000000000000000111. The van der Waals surface area contributed by atoms with Crippen molar-refractivity contribution < 1.29 is 4.79 Å². The number of Topliss-reactive ketones (excluding diaryl/α,β-unsaturated/α-hetero) is 1. The van der Waals surface area contributed by atoms with Crippen molar-refractivity contribution in [2.24, 2.45) is 0 Å². The fourth-order valence-corrected chi connectivity index (χ4v) is 4.80. The summed E-state index contributed by atoms with van der Waals surface area (Å²) in [6.45, 7) is 4.43. The number of rotatable bonds is 2. The molecule has 15 heavy (non-hydrogen) atoms. The van der Waals surface area contributed by atoms with Gasteiger partial charge >= 0.3 is 0 Å². The van der Waals surface area contributed by atoms with Crippen LogP contribution in [0, 0.1) is 0 Å². The lowest BCUT2D eigenvalue weighted by Gasteiger charge is -2.29. The Kier molecular flexibility index (Phi) is 3.74. The van der Waals surface area contributed by atoms with E-state index >= 15 is 0 Å². The van der Waals surface area contributed by atoms with Crippen molar-refractivity contribution in [3.63, 3.8) is 0 Å². The van der Waals surface area contributed by atoms with Crippen molar-refractivity contribution in [2.45, 2.75) is 29.6 Å². The summed E-state index contributed by atoms with van der Waals surface area (Å²) in [7, 11) is 0. The molecule has 1 fully saturated rings. The zero-order chi connectivity index (χ0) is 10.8. The van der Waals surface area contributed by atoms with Gasteiger partial charge in [-0.15, -0.1) is 11.8 Å². The summed E-state index contributed by atoms with van der Waals surface area (Å²) in [4.78, 5) is 12.0. The molecule has 3 unspecified atom stereocenters. The molecule has 2 heterocycles. The third-order valence-corrected chi connectivity index (χ3v) is 6.48. The molecule has 2 nitrogen and oxygen atoms in total. The average molecular weight is 259 g/mol. The second-order valence-electron chi connectivity index (χ2n) is 3.62. The van der Waals surface area contributed by atoms with Crippen LogP contribution in [0.5, 0.6) is 0 Å². The maximum atomic E-state index is 12.0. The standard InChI is InChI=1S/C10H13NOS3/c1-6-7(2)15-9(5-13-6)10(12)8-3-4-14-11-8/h3-4,6-7,9H,5H2,1-2H3. The monoisotopic (exact) mass is 259 g/mol. The van der Waals surface area contributed by atoms with E-state index in [4.69, 9.17) is 0 Å². The van der Waals surface area contributed by atoms with Crippen LogP contribution >= 0.6 is 35.1 Å². The van der Waals surface area contributed by atoms with Gasteiger partial charge in [-0.05, 0) is 17.6 Å². The highest BCUT2D eigenvalue weighted by molar-refractivity contribution is 8.08. The van der Waals surface area contributed by atoms with Crippen LogP contribution in [-0.2, 0) is 0 Å². The SMILES string of the molecule is CC1SCC(C(=O)c2ccsn2)SC1C. The molecule has 5 heteroatoms. The van der Waals surface area contributed by atoms with Gasteiger partial charge in [0.15, 0.2) is 5.78 Å². The molecule has 1 aliphatic heterocycles. The first-order chi connectivity index (χ1) is 7.18. The molecule has 1 saturated heterocycles. The van der Waals surface area contributed by atoms with Crippen molar-refractivity contribution in [1.82, 2.24) is 4.37 Å². The van der Waals surface area contributed by atoms with Gasteiger partial charge in [-0.3, -0.25) is 4.79 Å². The Labute approximate surface area is 102 Å². The Balaban J connectivity index is 2.03. The van der Waals surface area contributed by atoms with Gasteiger partial charge in [0.2, 0.25) is 0 Å². The molecule has 0 aromatic carbocycles. The molecular formula is C10H13NOS3. The van der Waals surface area contributed by atoms with Crippen LogP contribution in [0.1, 0.15) is 24.3 Å². The van der Waals surface area contributed by atoms with Crippen molar-refractivity contribution in [2.75, 3.05) is 5.75 Å². The lowest BCUT2D eigenvalue weighted by atomic mass is 10.2. The van der Waals surface area contributed by atoms with Crippen LogP contribution in [0.2, 0.25) is 0 Å². The van der Waals surface area contributed by atoms with Crippen molar-refractivity contribution >= 4 is 40.8 Å². The molecule has 1 aliphatic rings. The van der Waals surface area contributed by atoms with Gasteiger partial charge in [0, 0.05) is 21.6 Å². The second-order valence-corrected chi connectivity index (χ2v) is 7.28. The molecular weight excluding hydrogens is 246 g/mol. The minimum atomic E-state index is 0.100. The summed E-state index contributed by atoms with van der Waals surface area (Å²) < 4.78 is 4.10. The fourth-order valence-electron chi connectivity index (χ4n) is 1.43. The first kappa shape index (κ1) is 11.5. The maximum Gasteiger partial charge on any atom is 0.196 e. The molecule has 1 aromatic heterocycles. The first-order valence-electron chi connectivity index (χ1n) is 4.90. The summed E-state index contributed by atoms with van der Waals surface area (Å²) in [6, 6.07) is 1.82. The third-order valence-electron chi connectivity index (χ3n) is 2.53. The number of hydrogen-bond donors (Lipinski definition) is 0. The van der Waals surface area contributed by atoms with E-state index in [0.717, 1.165) is 5.75 Å². The Morgan fingerprint density at radius 2 is 2.27 bits per heavy atom. The molecule has 2 rings (SSSR count). The maximum absolute atomic E-state index is 12.0. The lowest BCUT2D eigenvalue weighted by Crippen LogP contribution is -2.31. The van der Waals surface area contributed by atoms with Gasteiger partial charge in [0.25, 0.3) is 0 Å². The smallest absolute Gasteiger partial charge is 0.196 e. The Morgan fingerprint density at radius 1 is 1.47 bits per heavy atom. The van der Waals surface area contributed by atoms with E-state index < -0.39 is 0 Å². The van der Waals surface area contributed by atoms with E-state index in [1.807, 2.05) is 23.2 Å². The largest absolute Gasteiger partial charge is 0.291 e. The van der Waals surface area contributed by atoms with Crippen molar-refractivity contribution in [3.8, 4) is 0 Å². The van der Waals surface area contributed by atoms with Gasteiger partial charge in [-0.25, -0.2) is 0 Å². The summed E-state index contributed by atoms with van der Waals surface area (Å²) in [5.74, 6) is 1.12. The molecule has 0 amide bonds. The van der Waals surface area contributed by atoms with E-state index in [0.29, 0.717) is 16.2 Å². The molecule has 0 aliphatic carbocycles. The summed E-state index contributed by atoms with van der Waals surface area (Å²) in [6.07, 6.45) is 0. The van der Waals surface area contributed by atoms with Gasteiger partial charge < -0.3 is 0 Å². The topological polar surface area (TPSA) is 30.0 Å². The van der Waals surface area contributed by atoms with Crippen LogP contribution in [0.4, 0.5) is 0 Å². The zero-order valence-electron chi connectivity index (χ0n) is 8.67. The fraction of sp³-hybridized carbons (Fsp3) is 0.600. The van der Waals surface area contributed by atoms with E-state index in [1.54, 1.807) is 11.8 Å². The van der Waals surface area contributed by atoms with E-state index in [2.05, 4.69) is 18.2 Å². The zero-order valence-corrected chi connectivity index (χ0v) is 11.1. The number of thioether (sulfide) groups is 2. The minimum Gasteiger partial charge on any atom is -0.291 e. The van der Waals surface area contributed by atoms with E-state index in [9.17, 15) is 4.79 Å². The molecule has 82 valence electrons. The van der Waals surface area contributed by atoms with Gasteiger partial charge in [0.05, 0.1) is 5.25 Å². The van der Waals surface area contributed by atoms with Crippen LogP contribution in [0.25, 0.3) is 0 Å². The number of hydrogen-bond acceptors (Lipinski definition) is 5. The predicted octanol–water partition coefficient (Wildman–Crippen LogP) is 2.95. The van der Waals surface area contributed by atoms with E-state index in [-0.39, 0.29) is 11.0 Å². The summed E-state index contributed by atoms with van der Waals surface area (Å²) in [5.41, 5.74) is 0.639. The van der Waals surface area contributed by atoms with Crippen molar-refractivity contribution in [1.29, 1.82) is 0 Å². The first-order valence-corrected chi connectivity index (χ1v) is 7.73. The van der Waals surface area contributed by atoms with Crippen molar-refractivity contribution in [3.05, 3.63) is 17.1 Å². The van der Waals surface area contributed by atoms with Crippen LogP contribution in [0.15, 0.2) is 11.4 Å². The molecule has 0 saturated carbocycles. The average Bonchev–Trinajstić information content (AvgIpc) is 2.74. The summed E-state index contributed by atoms with van der Waals surface area (Å²) >= 11 is 5.04. The Morgan fingerprint density at radius 3 is 2.87 bits per heavy atom. The van der Waals surface area contributed by atoms with Gasteiger partial charge in [0.1, 0.15) is 5.69 Å². The highest BCUT2D eigenvalue weighted by atomic mass is 32.2. The number of aromatic nitrogens is 1. The molecule has 0 N–H and O–H groups in total. The quantitative estimate of drug-likeness (QED) is 0.764. The van der Waals surface area contributed by atoms with E-state index in [1.165, 1.54) is 11.5 Å². The summed E-state index contributed by atoms with van der Waals surface area (Å²) in [5, 5.41) is 3.16. The lowest BCUT2D eigenvalue weighted by molar-refractivity contribution is 0.0991. The number of carbonyl (C=O) groups excluding carboxylic acids is 1. The highest BCUT2D eigenvalue weighted by Crippen LogP contribution is 2.36. The normalized spacial score (nSPS) is 31.5. The minimum absolute atomic E-state index is 0.100. The predicted molar refractivity (Wildman–Crippen MR) is 69.2 cm³/mol. The number of carbonyl (C=O) groups is 1. The molecule has 1 aromatic rings. The van der Waals surface area contributed by atoms with Crippen LogP contribution in [-0.4, -0.2) is 31.7 Å². The Bertz CT molecular complexity index is 338. The molecule has 3 atom stereocenters. The van der Waals surface area contributed by atoms with Gasteiger partial charge in [-0.1, -0.05) is 13.8 Å². The molecule has 0 bridgehead atoms. The second kappa shape index (κ2) is 4.89. The van der Waals surface area contributed by atoms with Gasteiger partial charge in [-0.2, -0.15) is 16.1 Å².